The van der Waals surface area contributed by atoms with E-state index < -0.39 is 0 Å². The summed E-state index contributed by atoms with van der Waals surface area (Å²) in [5.41, 5.74) is 2.70. The van der Waals surface area contributed by atoms with Gasteiger partial charge in [0.2, 0.25) is 0 Å². The summed E-state index contributed by atoms with van der Waals surface area (Å²) in [7, 11) is 2.01. The number of halogens is 1. The van der Waals surface area contributed by atoms with Gasteiger partial charge >= 0.3 is 0 Å². The number of hydrogen-bond acceptors (Lipinski definition) is 2. The molecule has 0 aliphatic carbocycles. The van der Waals surface area contributed by atoms with Gasteiger partial charge in [0.25, 0.3) is 0 Å². The summed E-state index contributed by atoms with van der Waals surface area (Å²) in [6.07, 6.45) is 0. The van der Waals surface area contributed by atoms with Crippen molar-refractivity contribution in [1.29, 1.82) is 0 Å². The van der Waals surface area contributed by atoms with Gasteiger partial charge in [0, 0.05) is 21.7 Å². The van der Waals surface area contributed by atoms with Crippen LogP contribution in [0.25, 0.3) is 0 Å². The Bertz CT molecular complexity index is 525. The van der Waals surface area contributed by atoms with Crippen LogP contribution >= 0.6 is 23.4 Å². The number of benzene rings is 2. The van der Waals surface area contributed by atoms with E-state index in [1.165, 1.54) is 16.0 Å². The Morgan fingerprint density at radius 3 is 2.42 bits per heavy atom. The third-order valence-electron chi connectivity index (χ3n) is 3.14. The molecule has 2 aromatic rings. The molecule has 1 N–H and O–H groups in total. The number of thioether (sulfide) groups is 1. The van der Waals surface area contributed by atoms with Gasteiger partial charge in [-0.2, -0.15) is 0 Å². The van der Waals surface area contributed by atoms with Crippen molar-refractivity contribution in [2.75, 3.05) is 12.8 Å². The average molecular weight is 292 g/mol. The lowest BCUT2D eigenvalue weighted by Gasteiger charge is -2.18. The Kier molecular flexibility index (Phi) is 5.32. The fraction of sp³-hybridized carbons (Fsp3) is 0.250. The Balaban J connectivity index is 2.04. The van der Waals surface area contributed by atoms with Gasteiger partial charge in [-0.1, -0.05) is 35.9 Å². The lowest BCUT2D eigenvalue weighted by atomic mass is 10.0. The molecule has 0 saturated carbocycles. The second-order valence-electron chi connectivity index (χ2n) is 4.46. The first-order chi connectivity index (χ1) is 9.20. The Hall–Kier alpha value is -0.960. The predicted molar refractivity (Wildman–Crippen MR) is 85.2 cm³/mol. The molecule has 0 amide bonds. The quantitative estimate of drug-likeness (QED) is 0.801. The zero-order valence-corrected chi connectivity index (χ0v) is 12.8. The third-order valence-corrected chi connectivity index (χ3v) is 4.50. The SMILES string of the molecule is CNC(CSc1ccc(Cl)cc1)c1ccccc1C. The van der Waals surface area contributed by atoms with Crippen LogP contribution in [-0.4, -0.2) is 12.8 Å². The van der Waals surface area contributed by atoms with E-state index in [9.17, 15) is 0 Å². The molecule has 0 radical (unpaired) electrons. The normalized spacial score (nSPS) is 12.4. The zero-order valence-electron chi connectivity index (χ0n) is 11.2. The molecule has 3 heteroatoms. The lowest BCUT2D eigenvalue weighted by molar-refractivity contribution is 0.658. The molecule has 1 unspecified atom stereocenters. The van der Waals surface area contributed by atoms with Gasteiger partial charge in [-0.3, -0.25) is 0 Å². The highest BCUT2D eigenvalue weighted by Crippen LogP contribution is 2.27. The molecule has 19 heavy (non-hydrogen) atoms. The van der Waals surface area contributed by atoms with Gasteiger partial charge in [-0.05, 0) is 49.4 Å². The van der Waals surface area contributed by atoms with Crippen LogP contribution in [0.1, 0.15) is 17.2 Å². The maximum atomic E-state index is 5.90. The van der Waals surface area contributed by atoms with Crippen LogP contribution in [0.15, 0.2) is 53.4 Å². The minimum Gasteiger partial charge on any atom is -0.312 e. The summed E-state index contributed by atoms with van der Waals surface area (Å²) in [5, 5.41) is 4.18. The van der Waals surface area contributed by atoms with Crippen LogP contribution in [0.4, 0.5) is 0 Å². The number of nitrogens with one attached hydrogen (secondary N) is 1. The molecular formula is C16H18ClNS. The molecule has 1 atom stereocenters. The summed E-state index contributed by atoms with van der Waals surface area (Å²) in [4.78, 5) is 1.25. The molecule has 0 aliphatic rings. The first-order valence-corrected chi connectivity index (χ1v) is 7.68. The summed E-state index contributed by atoms with van der Waals surface area (Å²) >= 11 is 7.74. The first kappa shape index (κ1) is 14.4. The van der Waals surface area contributed by atoms with Crippen molar-refractivity contribution in [1.82, 2.24) is 5.32 Å². The van der Waals surface area contributed by atoms with Crippen molar-refractivity contribution in [3.05, 3.63) is 64.7 Å². The van der Waals surface area contributed by atoms with Crippen molar-refractivity contribution in [3.8, 4) is 0 Å². The van der Waals surface area contributed by atoms with Crippen LogP contribution in [0.3, 0.4) is 0 Å². The molecule has 0 spiro atoms. The van der Waals surface area contributed by atoms with Gasteiger partial charge in [0.05, 0.1) is 0 Å². The standard InChI is InChI=1S/C16H18ClNS/c1-12-5-3-4-6-15(12)16(18-2)11-19-14-9-7-13(17)8-10-14/h3-10,16,18H,11H2,1-2H3. The highest BCUT2D eigenvalue weighted by atomic mass is 35.5. The highest BCUT2D eigenvalue weighted by molar-refractivity contribution is 7.99. The zero-order chi connectivity index (χ0) is 13.7. The average Bonchev–Trinajstić information content (AvgIpc) is 2.43. The van der Waals surface area contributed by atoms with Crippen molar-refractivity contribution >= 4 is 23.4 Å². The van der Waals surface area contributed by atoms with Crippen molar-refractivity contribution < 1.29 is 0 Å². The number of hydrogen-bond donors (Lipinski definition) is 1. The van der Waals surface area contributed by atoms with Crippen LogP contribution in [0.5, 0.6) is 0 Å². The molecular weight excluding hydrogens is 274 g/mol. The minimum absolute atomic E-state index is 0.363. The monoisotopic (exact) mass is 291 g/mol. The number of aryl methyl sites for hydroxylation is 1. The van der Waals surface area contributed by atoms with Gasteiger partial charge < -0.3 is 5.32 Å². The van der Waals surface area contributed by atoms with Gasteiger partial charge in [0.1, 0.15) is 0 Å². The third kappa shape index (κ3) is 4.00. The first-order valence-electron chi connectivity index (χ1n) is 6.32. The Morgan fingerprint density at radius 1 is 1.11 bits per heavy atom. The molecule has 0 aliphatic heterocycles. The smallest absolute Gasteiger partial charge is 0.0415 e. The van der Waals surface area contributed by atoms with E-state index in [0.717, 1.165) is 10.8 Å². The van der Waals surface area contributed by atoms with E-state index in [-0.39, 0.29) is 0 Å². The molecule has 2 aromatic carbocycles. The molecule has 0 fully saturated rings. The predicted octanol–water partition coefficient (Wildman–Crippen LogP) is 4.70. The van der Waals surface area contributed by atoms with Crippen LogP contribution in [0, 0.1) is 6.92 Å². The second-order valence-corrected chi connectivity index (χ2v) is 5.99. The molecule has 0 heterocycles. The van der Waals surface area contributed by atoms with Crippen LogP contribution < -0.4 is 5.32 Å². The molecule has 100 valence electrons. The molecule has 0 aromatic heterocycles. The fourth-order valence-corrected chi connectivity index (χ4v) is 3.18. The van der Waals surface area contributed by atoms with Gasteiger partial charge in [-0.25, -0.2) is 0 Å². The highest BCUT2D eigenvalue weighted by Gasteiger charge is 2.11. The van der Waals surface area contributed by atoms with Crippen molar-refractivity contribution in [2.24, 2.45) is 0 Å². The largest absolute Gasteiger partial charge is 0.312 e. The molecule has 2 rings (SSSR count). The summed E-state index contributed by atoms with van der Waals surface area (Å²) in [5.74, 6) is 1.00. The second kappa shape index (κ2) is 6.99. The molecule has 1 nitrogen and oxygen atoms in total. The van der Waals surface area contributed by atoms with E-state index in [0.29, 0.717) is 6.04 Å². The van der Waals surface area contributed by atoms with Crippen molar-refractivity contribution in [3.63, 3.8) is 0 Å². The van der Waals surface area contributed by atoms with E-state index in [1.807, 2.05) is 30.9 Å². The lowest BCUT2D eigenvalue weighted by Crippen LogP contribution is -2.19. The Labute approximate surface area is 124 Å². The summed E-state index contributed by atoms with van der Waals surface area (Å²) in [6.45, 7) is 2.16. The summed E-state index contributed by atoms with van der Waals surface area (Å²) < 4.78 is 0. The molecule has 0 saturated heterocycles. The van der Waals surface area contributed by atoms with Gasteiger partial charge in [-0.15, -0.1) is 11.8 Å². The van der Waals surface area contributed by atoms with Crippen LogP contribution in [-0.2, 0) is 0 Å². The fourth-order valence-electron chi connectivity index (χ4n) is 2.02. The maximum Gasteiger partial charge on any atom is 0.0415 e. The van der Waals surface area contributed by atoms with E-state index in [2.05, 4.69) is 48.6 Å². The van der Waals surface area contributed by atoms with E-state index in [4.69, 9.17) is 11.6 Å². The topological polar surface area (TPSA) is 12.0 Å². The maximum absolute atomic E-state index is 5.90. The summed E-state index contributed by atoms with van der Waals surface area (Å²) in [6, 6.07) is 16.9. The van der Waals surface area contributed by atoms with E-state index in [1.54, 1.807) is 0 Å². The van der Waals surface area contributed by atoms with Crippen LogP contribution in [0.2, 0.25) is 5.02 Å². The minimum atomic E-state index is 0.363. The van der Waals surface area contributed by atoms with E-state index >= 15 is 0 Å². The molecule has 0 bridgehead atoms. The Morgan fingerprint density at radius 2 is 1.79 bits per heavy atom. The van der Waals surface area contributed by atoms with Crippen molar-refractivity contribution in [2.45, 2.75) is 17.9 Å². The van der Waals surface area contributed by atoms with Gasteiger partial charge in [0.15, 0.2) is 0 Å². The number of rotatable bonds is 5.